The third-order valence-electron chi connectivity index (χ3n) is 4.79. The molecular formula is C19H32N4O3+2. The predicted molar refractivity (Wildman–Crippen MR) is 99.5 cm³/mol. The van der Waals surface area contributed by atoms with Crippen LogP contribution in [0.3, 0.4) is 0 Å². The quantitative estimate of drug-likeness (QED) is 0.452. The first-order valence-corrected chi connectivity index (χ1v) is 9.52. The predicted octanol–water partition coefficient (Wildman–Crippen LogP) is -1.53. The lowest BCUT2D eigenvalue weighted by Crippen LogP contribution is -3.28. The zero-order chi connectivity index (χ0) is 18.8. The summed E-state index contributed by atoms with van der Waals surface area (Å²) in [5, 5.41) is 5.16. The number of para-hydroxylation sites is 1. The Morgan fingerprint density at radius 3 is 2.42 bits per heavy atom. The van der Waals surface area contributed by atoms with Crippen LogP contribution >= 0.6 is 0 Å². The smallest absolute Gasteiger partial charge is 0.321 e. The summed E-state index contributed by atoms with van der Waals surface area (Å²) < 4.78 is 5.75. The Labute approximate surface area is 155 Å². The molecule has 0 bridgehead atoms. The summed E-state index contributed by atoms with van der Waals surface area (Å²) in [6, 6.07) is 9.52. The SMILES string of the molecule is CC[C@@H](C)NC(=O)NC(=O)C[NH+]1CC[NH+](CCOc2ccccc2)CC1. The van der Waals surface area contributed by atoms with Crippen LogP contribution in [0, 0.1) is 0 Å². The molecule has 1 fully saturated rings. The fourth-order valence-electron chi connectivity index (χ4n) is 2.97. The topological polar surface area (TPSA) is 76.3 Å². The summed E-state index contributed by atoms with van der Waals surface area (Å²) >= 11 is 0. The van der Waals surface area contributed by atoms with Crippen LogP contribution in [0.5, 0.6) is 5.75 Å². The standard InChI is InChI=1S/C19H30N4O3/c1-3-16(2)20-19(25)21-18(24)15-23-11-9-22(10-12-23)13-14-26-17-7-5-4-6-8-17/h4-8,16H,3,9-15H2,1-2H3,(H2,20,21,24,25)/p+2/t16-/m1/s1. The second-order valence-electron chi connectivity index (χ2n) is 6.92. The molecule has 0 aromatic heterocycles. The van der Waals surface area contributed by atoms with E-state index < -0.39 is 6.03 Å². The molecule has 4 N–H and O–H groups in total. The van der Waals surface area contributed by atoms with Crippen molar-refractivity contribution in [3.63, 3.8) is 0 Å². The van der Waals surface area contributed by atoms with Crippen molar-refractivity contribution in [2.75, 3.05) is 45.9 Å². The average molecular weight is 364 g/mol. The van der Waals surface area contributed by atoms with E-state index in [0.29, 0.717) is 13.2 Å². The van der Waals surface area contributed by atoms with E-state index >= 15 is 0 Å². The van der Waals surface area contributed by atoms with E-state index in [9.17, 15) is 9.59 Å². The van der Waals surface area contributed by atoms with Crippen molar-refractivity contribution in [1.29, 1.82) is 0 Å². The van der Waals surface area contributed by atoms with Gasteiger partial charge in [-0.2, -0.15) is 0 Å². The molecule has 1 aromatic carbocycles. The Balaban J connectivity index is 1.59. The normalized spacial score (nSPS) is 20.8. The molecule has 7 nitrogen and oxygen atoms in total. The van der Waals surface area contributed by atoms with Crippen LogP contribution in [0.2, 0.25) is 0 Å². The van der Waals surface area contributed by atoms with Crippen LogP contribution in [0.4, 0.5) is 4.79 Å². The summed E-state index contributed by atoms with van der Waals surface area (Å²) in [7, 11) is 0. The number of imide groups is 1. The zero-order valence-corrected chi connectivity index (χ0v) is 15.8. The van der Waals surface area contributed by atoms with Crippen LogP contribution in [0.15, 0.2) is 30.3 Å². The molecule has 1 aliphatic rings. The van der Waals surface area contributed by atoms with Gasteiger partial charge in [-0.05, 0) is 25.5 Å². The molecule has 144 valence electrons. The number of benzene rings is 1. The lowest BCUT2D eigenvalue weighted by molar-refractivity contribution is -1.01. The number of carbonyl (C=O) groups excluding carboxylic acids is 2. The van der Waals surface area contributed by atoms with Crippen molar-refractivity contribution in [2.24, 2.45) is 0 Å². The van der Waals surface area contributed by atoms with E-state index in [1.165, 1.54) is 9.80 Å². The van der Waals surface area contributed by atoms with E-state index in [1.54, 1.807) is 0 Å². The fourth-order valence-corrected chi connectivity index (χ4v) is 2.97. The van der Waals surface area contributed by atoms with Crippen molar-refractivity contribution < 1.29 is 24.1 Å². The lowest BCUT2D eigenvalue weighted by atomic mass is 10.3. The van der Waals surface area contributed by atoms with Gasteiger partial charge >= 0.3 is 6.03 Å². The molecule has 2 rings (SSSR count). The van der Waals surface area contributed by atoms with Gasteiger partial charge in [0.2, 0.25) is 0 Å². The molecule has 0 radical (unpaired) electrons. The maximum atomic E-state index is 12.0. The number of rotatable bonds is 8. The first-order valence-electron chi connectivity index (χ1n) is 9.52. The minimum atomic E-state index is -0.397. The minimum Gasteiger partial charge on any atom is -0.488 e. The highest BCUT2D eigenvalue weighted by Gasteiger charge is 2.25. The number of urea groups is 1. The van der Waals surface area contributed by atoms with Gasteiger partial charge < -0.3 is 19.9 Å². The molecular weight excluding hydrogens is 332 g/mol. The molecule has 0 spiro atoms. The third kappa shape index (κ3) is 7.41. The van der Waals surface area contributed by atoms with Gasteiger partial charge in [0.25, 0.3) is 5.91 Å². The molecule has 1 heterocycles. The highest BCUT2D eigenvalue weighted by Crippen LogP contribution is 2.06. The van der Waals surface area contributed by atoms with Gasteiger partial charge in [-0.1, -0.05) is 25.1 Å². The van der Waals surface area contributed by atoms with E-state index in [-0.39, 0.29) is 11.9 Å². The summed E-state index contributed by atoms with van der Waals surface area (Å²) in [6.07, 6.45) is 0.839. The maximum Gasteiger partial charge on any atom is 0.321 e. The number of amides is 3. The molecule has 1 aliphatic heterocycles. The lowest BCUT2D eigenvalue weighted by Gasteiger charge is -2.29. The first kappa shape index (κ1) is 20.2. The molecule has 1 atom stereocenters. The van der Waals surface area contributed by atoms with Crippen molar-refractivity contribution in [3.05, 3.63) is 30.3 Å². The van der Waals surface area contributed by atoms with Crippen LogP contribution in [0.1, 0.15) is 20.3 Å². The fraction of sp³-hybridized carbons (Fsp3) is 0.579. The Morgan fingerprint density at radius 2 is 1.77 bits per heavy atom. The largest absolute Gasteiger partial charge is 0.488 e. The molecule has 1 saturated heterocycles. The summed E-state index contributed by atoms with van der Waals surface area (Å²) in [5.74, 6) is 0.695. The Morgan fingerprint density at radius 1 is 1.12 bits per heavy atom. The third-order valence-corrected chi connectivity index (χ3v) is 4.79. The number of piperazine rings is 1. The molecule has 0 unspecified atom stereocenters. The van der Waals surface area contributed by atoms with E-state index in [4.69, 9.17) is 4.74 Å². The van der Waals surface area contributed by atoms with Gasteiger partial charge in [-0.15, -0.1) is 0 Å². The zero-order valence-electron chi connectivity index (χ0n) is 15.8. The Kier molecular flexibility index (Phi) is 8.37. The van der Waals surface area contributed by atoms with Crippen LogP contribution in [0.25, 0.3) is 0 Å². The highest BCUT2D eigenvalue weighted by molar-refractivity contribution is 5.94. The Bertz CT molecular complexity index is 559. The number of ether oxygens (including phenoxy) is 1. The highest BCUT2D eigenvalue weighted by atomic mass is 16.5. The van der Waals surface area contributed by atoms with Crippen molar-refractivity contribution >= 4 is 11.9 Å². The van der Waals surface area contributed by atoms with Gasteiger partial charge in [-0.25, -0.2) is 4.79 Å². The van der Waals surface area contributed by atoms with Crippen molar-refractivity contribution in [3.8, 4) is 5.75 Å². The summed E-state index contributed by atoms with van der Waals surface area (Å²) in [6.45, 7) is 9.81. The molecule has 0 saturated carbocycles. The van der Waals surface area contributed by atoms with Gasteiger partial charge in [0.05, 0.1) is 0 Å². The molecule has 3 amide bonds. The monoisotopic (exact) mass is 364 g/mol. The summed E-state index contributed by atoms with van der Waals surface area (Å²) in [5.41, 5.74) is 0. The number of quaternary nitrogens is 2. The van der Waals surface area contributed by atoms with Gasteiger partial charge in [0.15, 0.2) is 6.54 Å². The van der Waals surface area contributed by atoms with Crippen molar-refractivity contribution in [2.45, 2.75) is 26.3 Å². The molecule has 1 aromatic rings. The number of nitrogens with one attached hydrogen (secondary N) is 4. The number of hydrogen-bond donors (Lipinski definition) is 4. The van der Waals surface area contributed by atoms with Crippen molar-refractivity contribution in [1.82, 2.24) is 10.6 Å². The summed E-state index contributed by atoms with van der Waals surface area (Å²) in [4.78, 5) is 26.4. The minimum absolute atomic E-state index is 0.0698. The van der Waals surface area contributed by atoms with Gasteiger partial charge in [0, 0.05) is 6.04 Å². The average Bonchev–Trinajstić information content (AvgIpc) is 2.63. The second-order valence-corrected chi connectivity index (χ2v) is 6.92. The van der Waals surface area contributed by atoms with Crippen LogP contribution in [-0.4, -0.2) is 63.9 Å². The van der Waals surface area contributed by atoms with E-state index in [1.807, 2.05) is 44.2 Å². The Hall–Kier alpha value is -2.12. The molecule has 7 heteroatoms. The van der Waals surface area contributed by atoms with Gasteiger partial charge in [0.1, 0.15) is 45.1 Å². The van der Waals surface area contributed by atoms with Gasteiger partial charge in [-0.3, -0.25) is 10.1 Å². The van der Waals surface area contributed by atoms with E-state index in [0.717, 1.165) is 44.9 Å². The maximum absolute atomic E-state index is 12.0. The van der Waals surface area contributed by atoms with Crippen LogP contribution < -0.4 is 25.2 Å². The number of carbonyl (C=O) groups is 2. The molecule has 0 aliphatic carbocycles. The first-order chi connectivity index (χ1) is 12.6. The van der Waals surface area contributed by atoms with E-state index in [2.05, 4.69) is 10.6 Å². The second kappa shape index (κ2) is 10.8. The van der Waals surface area contributed by atoms with Crippen LogP contribution in [-0.2, 0) is 4.79 Å². The number of hydrogen-bond acceptors (Lipinski definition) is 3. The molecule has 26 heavy (non-hydrogen) atoms.